The first-order chi connectivity index (χ1) is 7.43. The summed E-state index contributed by atoms with van der Waals surface area (Å²) in [7, 11) is 0. The quantitative estimate of drug-likeness (QED) is 0.631. The highest BCUT2D eigenvalue weighted by Gasteiger charge is 2.06. The van der Waals surface area contributed by atoms with Crippen molar-refractivity contribution in [3.8, 4) is 0 Å². The average molecular weight is 194 g/mol. The molecular weight excluding hydrogens is 180 g/mol. The Morgan fingerprint density at radius 2 is 1.73 bits per heavy atom. The van der Waals surface area contributed by atoms with Crippen LogP contribution in [-0.4, -0.2) is 0 Å². The van der Waals surface area contributed by atoms with Crippen molar-refractivity contribution in [2.45, 2.75) is 19.3 Å². The van der Waals surface area contributed by atoms with Crippen molar-refractivity contribution in [2.75, 3.05) is 0 Å². The van der Waals surface area contributed by atoms with E-state index in [0.29, 0.717) is 0 Å². The molecule has 0 radical (unpaired) electrons. The van der Waals surface area contributed by atoms with Gasteiger partial charge >= 0.3 is 0 Å². The SMILES string of the molecule is C1=C(c2ccc3ccccc3c2)CCC1. The molecule has 2 aromatic rings. The van der Waals surface area contributed by atoms with Gasteiger partial charge in [0.25, 0.3) is 0 Å². The molecule has 0 fully saturated rings. The van der Waals surface area contributed by atoms with Crippen LogP contribution in [-0.2, 0) is 0 Å². The minimum atomic E-state index is 1.25. The molecule has 0 nitrogen and oxygen atoms in total. The number of hydrogen-bond donors (Lipinski definition) is 0. The van der Waals surface area contributed by atoms with Crippen molar-refractivity contribution < 1.29 is 0 Å². The van der Waals surface area contributed by atoms with Gasteiger partial charge in [-0.15, -0.1) is 0 Å². The van der Waals surface area contributed by atoms with Gasteiger partial charge in [-0.2, -0.15) is 0 Å². The second kappa shape index (κ2) is 3.54. The van der Waals surface area contributed by atoms with Gasteiger partial charge in [-0.3, -0.25) is 0 Å². The van der Waals surface area contributed by atoms with Crippen molar-refractivity contribution in [3.05, 3.63) is 54.1 Å². The van der Waals surface area contributed by atoms with Crippen LogP contribution in [0.3, 0.4) is 0 Å². The molecule has 0 atom stereocenters. The minimum absolute atomic E-state index is 1.25. The molecule has 0 aromatic heterocycles. The summed E-state index contributed by atoms with van der Waals surface area (Å²) in [4.78, 5) is 0. The molecule has 0 spiro atoms. The van der Waals surface area contributed by atoms with Gasteiger partial charge in [0.05, 0.1) is 0 Å². The first kappa shape index (κ1) is 8.72. The second-order valence-corrected chi connectivity index (χ2v) is 4.18. The summed E-state index contributed by atoms with van der Waals surface area (Å²) in [6.07, 6.45) is 6.20. The van der Waals surface area contributed by atoms with Crippen LogP contribution in [0.5, 0.6) is 0 Å². The normalized spacial score (nSPS) is 15.6. The van der Waals surface area contributed by atoms with Gasteiger partial charge in [0.2, 0.25) is 0 Å². The summed E-state index contributed by atoms with van der Waals surface area (Å²) in [5.41, 5.74) is 2.94. The van der Waals surface area contributed by atoms with E-state index in [4.69, 9.17) is 0 Å². The van der Waals surface area contributed by atoms with Crippen LogP contribution in [0, 0.1) is 0 Å². The van der Waals surface area contributed by atoms with Gasteiger partial charge < -0.3 is 0 Å². The number of fused-ring (bicyclic) bond motifs is 1. The molecule has 0 bridgehead atoms. The Kier molecular flexibility index (Phi) is 2.06. The molecular formula is C15H14. The average Bonchev–Trinajstić information content (AvgIpc) is 2.82. The van der Waals surface area contributed by atoms with Crippen molar-refractivity contribution >= 4 is 16.3 Å². The molecule has 15 heavy (non-hydrogen) atoms. The highest BCUT2D eigenvalue weighted by Crippen LogP contribution is 2.29. The monoisotopic (exact) mass is 194 g/mol. The fourth-order valence-electron chi connectivity index (χ4n) is 2.32. The Labute approximate surface area is 90.2 Å². The van der Waals surface area contributed by atoms with Gasteiger partial charge in [-0.25, -0.2) is 0 Å². The zero-order valence-corrected chi connectivity index (χ0v) is 8.74. The van der Waals surface area contributed by atoms with Crippen molar-refractivity contribution in [1.29, 1.82) is 0 Å². The zero-order chi connectivity index (χ0) is 10.1. The Balaban J connectivity index is 2.13. The summed E-state index contributed by atoms with van der Waals surface area (Å²) in [5.74, 6) is 0. The molecule has 1 aliphatic carbocycles. The van der Waals surface area contributed by atoms with E-state index in [1.165, 1.54) is 41.2 Å². The summed E-state index contributed by atoms with van der Waals surface area (Å²) < 4.78 is 0. The Morgan fingerprint density at radius 1 is 0.867 bits per heavy atom. The number of hydrogen-bond acceptors (Lipinski definition) is 0. The first-order valence-electron chi connectivity index (χ1n) is 5.62. The van der Waals surface area contributed by atoms with Gasteiger partial charge in [0.15, 0.2) is 0 Å². The molecule has 3 rings (SSSR count). The van der Waals surface area contributed by atoms with E-state index in [0.717, 1.165) is 0 Å². The van der Waals surface area contributed by atoms with Gasteiger partial charge in [0.1, 0.15) is 0 Å². The zero-order valence-electron chi connectivity index (χ0n) is 8.74. The maximum absolute atomic E-state index is 2.38. The smallest absolute Gasteiger partial charge is 0.0178 e. The molecule has 0 aliphatic heterocycles. The second-order valence-electron chi connectivity index (χ2n) is 4.18. The lowest BCUT2D eigenvalue weighted by Gasteiger charge is -2.04. The molecule has 1 aliphatic rings. The van der Waals surface area contributed by atoms with Crippen LogP contribution < -0.4 is 0 Å². The number of rotatable bonds is 1. The molecule has 0 saturated carbocycles. The first-order valence-corrected chi connectivity index (χ1v) is 5.62. The van der Waals surface area contributed by atoms with Crippen LogP contribution in [0.2, 0.25) is 0 Å². The maximum Gasteiger partial charge on any atom is -0.0178 e. The highest BCUT2D eigenvalue weighted by atomic mass is 14.1. The topological polar surface area (TPSA) is 0 Å². The molecule has 0 saturated heterocycles. The maximum atomic E-state index is 2.38. The van der Waals surface area contributed by atoms with E-state index in [1.807, 2.05) is 0 Å². The number of allylic oxidation sites excluding steroid dienone is 2. The fraction of sp³-hybridized carbons (Fsp3) is 0.200. The fourth-order valence-corrected chi connectivity index (χ4v) is 2.32. The molecule has 2 aromatic carbocycles. The lowest BCUT2D eigenvalue weighted by atomic mass is 10.0. The van der Waals surface area contributed by atoms with E-state index in [9.17, 15) is 0 Å². The van der Waals surface area contributed by atoms with Crippen LogP contribution in [0.1, 0.15) is 24.8 Å². The molecule has 0 amide bonds. The summed E-state index contributed by atoms with van der Waals surface area (Å²) in [5, 5.41) is 2.68. The predicted molar refractivity (Wildman–Crippen MR) is 65.8 cm³/mol. The van der Waals surface area contributed by atoms with Crippen LogP contribution in [0.25, 0.3) is 16.3 Å². The van der Waals surface area contributed by atoms with Gasteiger partial charge in [-0.05, 0) is 47.2 Å². The lowest BCUT2D eigenvalue weighted by Crippen LogP contribution is -1.81. The third kappa shape index (κ3) is 1.56. The molecule has 0 N–H and O–H groups in total. The Morgan fingerprint density at radius 3 is 2.53 bits per heavy atom. The Bertz CT molecular complexity index is 520. The Hall–Kier alpha value is -1.56. The molecule has 74 valence electrons. The highest BCUT2D eigenvalue weighted by molar-refractivity contribution is 5.86. The van der Waals surface area contributed by atoms with Crippen molar-refractivity contribution in [2.24, 2.45) is 0 Å². The summed E-state index contributed by atoms with van der Waals surface area (Å²) >= 11 is 0. The van der Waals surface area contributed by atoms with Gasteiger partial charge in [-0.1, -0.05) is 42.5 Å². The van der Waals surface area contributed by atoms with E-state index >= 15 is 0 Å². The van der Waals surface area contributed by atoms with Crippen LogP contribution in [0.4, 0.5) is 0 Å². The van der Waals surface area contributed by atoms with Crippen LogP contribution >= 0.6 is 0 Å². The van der Waals surface area contributed by atoms with E-state index in [2.05, 4.69) is 48.5 Å². The molecule has 0 heterocycles. The predicted octanol–water partition coefficient (Wildman–Crippen LogP) is 4.41. The number of benzene rings is 2. The van der Waals surface area contributed by atoms with E-state index < -0.39 is 0 Å². The van der Waals surface area contributed by atoms with E-state index in [1.54, 1.807) is 0 Å². The third-order valence-corrected chi connectivity index (χ3v) is 3.16. The standard InChI is InChI=1S/C15H14/c1-2-6-12(5-1)15-10-9-13-7-3-4-8-14(13)11-15/h3-5,7-11H,1-2,6H2. The third-order valence-electron chi connectivity index (χ3n) is 3.16. The van der Waals surface area contributed by atoms with Crippen molar-refractivity contribution in [3.63, 3.8) is 0 Å². The van der Waals surface area contributed by atoms with E-state index in [-0.39, 0.29) is 0 Å². The largest absolute Gasteiger partial charge is 0.0807 e. The van der Waals surface area contributed by atoms with Crippen molar-refractivity contribution in [1.82, 2.24) is 0 Å². The molecule has 0 heteroatoms. The summed E-state index contributed by atoms with van der Waals surface area (Å²) in [6, 6.07) is 15.3. The van der Waals surface area contributed by atoms with Crippen LogP contribution in [0.15, 0.2) is 48.5 Å². The molecule has 0 unspecified atom stereocenters. The summed E-state index contributed by atoms with van der Waals surface area (Å²) in [6.45, 7) is 0. The minimum Gasteiger partial charge on any atom is -0.0807 e. The van der Waals surface area contributed by atoms with Gasteiger partial charge in [0, 0.05) is 0 Å². The lowest BCUT2D eigenvalue weighted by molar-refractivity contribution is 0.935.